The summed E-state index contributed by atoms with van der Waals surface area (Å²) in [5.74, 6) is -0.0463. The molecule has 0 radical (unpaired) electrons. The number of amides is 2. The highest BCUT2D eigenvalue weighted by molar-refractivity contribution is 5.97. The maximum Gasteiger partial charge on any atom is 0.416 e. The first-order valence-corrected chi connectivity index (χ1v) is 14.4. The third-order valence-electron chi connectivity index (χ3n) is 12.2. The van der Waals surface area contributed by atoms with Crippen LogP contribution in [0.15, 0.2) is 12.7 Å². The zero-order chi connectivity index (χ0) is 27.0. The summed E-state index contributed by atoms with van der Waals surface area (Å²) in [6, 6.07) is 0. The van der Waals surface area contributed by atoms with E-state index < -0.39 is 34.5 Å². The third kappa shape index (κ3) is 3.70. The first-order valence-electron chi connectivity index (χ1n) is 14.4. The Balaban J connectivity index is 1.50. The summed E-state index contributed by atoms with van der Waals surface area (Å²) in [6.07, 6.45) is 5.61. The number of aliphatic hydroxyl groups is 1. The number of nitrogens with zero attached hydrogens (tertiary/aromatic N) is 2. The van der Waals surface area contributed by atoms with E-state index in [2.05, 4.69) is 39.3 Å². The van der Waals surface area contributed by atoms with Gasteiger partial charge < -0.3 is 14.7 Å². The molecular formula is C30H46N2O5. The number of ether oxygens (including phenoxy) is 1. The van der Waals surface area contributed by atoms with Crippen LogP contribution in [0, 0.1) is 39.4 Å². The van der Waals surface area contributed by atoms with E-state index in [1.807, 2.05) is 6.92 Å². The van der Waals surface area contributed by atoms with Crippen molar-refractivity contribution >= 4 is 17.8 Å². The summed E-state index contributed by atoms with van der Waals surface area (Å²) < 4.78 is 6.37. The van der Waals surface area contributed by atoms with Gasteiger partial charge in [0.25, 0.3) is 0 Å². The maximum atomic E-state index is 13.7. The van der Waals surface area contributed by atoms with Crippen molar-refractivity contribution in [3.8, 4) is 0 Å². The maximum absolute atomic E-state index is 13.7. The lowest BCUT2D eigenvalue weighted by atomic mass is 9.44. The normalized spacial score (nSPS) is 45.9. The minimum atomic E-state index is -0.700. The van der Waals surface area contributed by atoms with E-state index in [0.29, 0.717) is 25.8 Å². The second-order valence-electron chi connectivity index (χ2n) is 13.7. The van der Waals surface area contributed by atoms with Gasteiger partial charge in [-0.05, 0) is 82.3 Å². The fourth-order valence-electron chi connectivity index (χ4n) is 9.19. The van der Waals surface area contributed by atoms with Crippen LogP contribution in [-0.4, -0.2) is 71.6 Å². The number of aliphatic hydroxyl groups excluding tert-OH is 1. The van der Waals surface area contributed by atoms with E-state index >= 15 is 0 Å². The largest absolute Gasteiger partial charge is 0.445 e. The second-order valence-corrected chi connectivity index (χ2v) is 13.7. The van der Waals surface area contributed by atoms with Crippen molar-refractivity contribution < 1.29 is 24.2 Å². The monoisotopic (exact) mass is 514 g/mol. The number of piperidine rings is 1. The molecule has 0 aromatic carbocycles. The first-order chi connectivity index (χ1) is 17.3. The Labute approximate surface area is 222 Å². The lowest BCUT2D eigenvalue weighted by Gasteiger charge is -2.61. The molecule has 37 heavy (non-hydrogen) atoms. The van der Waals surface area contributed by atoms with Gasteiger partial charge in [-0.25, -0.2) is 9.69 Å². The molecule has 7 nitrogen and oxygen atoms in total. The van der Waals surface area contributed by atoms with Crippen LogP contribution in [0.25, 0.3) is 0 Å². The molecule has 0 aromatic heterocycles. The van der Waals surface area contributed by atoms with E-state index in [4.69, 9.17) is 4.74 Å². The minimum Gasteiger partial charge on any atom is -0.445 e. The average molecular weight is 515 g/mol. The predicted molar refractivity (Wildman–Crippen MR) is 141 cm³/mol. The van der Waals surface area contributed by atoms with Crippen molar-refractivity contribution in [2.45, 2.75) is 91.3 Å². The zero-order valence-corrected chi connectivity index (χ0v) is 23.4. The average Bonchev–Trinajstić information content (AvgIpc) is 3.39. The predicted octanol–water partition coefficient (Wildman–Crippen LogP) is 4.43. The number of carbonyl (C=O) groups is 3. The Morgan fingerprint density at radius 2 is 1.73 bits per heavy atom. The molecule has 3 saturated carbocycles. The summed E-state index contributed by atoms with van der Waals surface area (Å²) in [5.41, 5.74) is -2.04. The van der Waals surface area contributed by atoms with Gasteiger partial charge in [0.15, 0.2) is 0 Å². The van der Waals surface area contributed by atoms with Crippen molar-refractivity contribution in [2.24, 2.45) is 39.4 Å². The van der Waals surface area contributed by atoms with E-state index in [0.717, 1.165) is 45.2 Å². The third-order valence-corrected chi connectivity index (χ3v) is 12.2. The van der Waals surface area contributed by atoms with E-state index in [1.54, 1.807) is 6.08 Å². The van der Waals surface area contributed by atoms with Crippen LogP contribution in [0.4, 0.5) is 4.79 Å². The number of Topliss-reactive ketones (excluding diaryl/α,β-unsaturated/α-hetero) is 1. The van der Waals surface area contributed by atoms with E-state index in [-0.39, 0.29) is 34.9 Å². The lowest BCUT2D eigenvalue weighted by Crippen LogP contribution is -2.63. The number of hydrogen-bond acceptors (Lipinski definition) is 6. The summed E-state index contributed by atoms with van der Waals surface area (Å²) in [7, 11) is 2.06. The highest BCUT2D eigenvalue weighted by atomic mass is 16.6. The molecule has 5 aliphatic rings. The van der Waals surface area contributed by atoms with Crippen molar-refractivity contribution in [3.63, 3.8) is 0 Å². The Morgan fingerprint density at radius 3 is 2.38 bits per heavy atom. The van der Waals surface area contributed by atoms with Crippen LogP contribution in [0.2, 0.25) is 0 Å². The molecule has 3 unspecified atom stereocenters. The fourth-order valence-corrected chi connectivity index (χ4v) is 9.19. The summed E-state index contributed by atoms with van der Waals surface area (Å²) >= 11 is 0. The van der Waals surface area contributed by atoms with Gasteiger partial charge >= 0.3 is 6.09 Å². The van der Waals surface area contributed by atoms with Gasteiger partial charge in [0, 0.05) is 29.7 Å². The second kappa shape index (κ2) is 8.90. The van der Waals surface area contributed by atoms with E-state index in [9.17, 15) is 19.5 Å². The van der Waals surface area contributed by atoms with Crippen molar-refractivity contribution in [1.29, 1.82) is 0 Å². The molecule has 3 aliphatic carbocycles. The van der Waals surface area contributed by atoms with Crippen molar-refractivity contribution in [3.05, 3.63) is 12.7 Å². The van der Waals surface area contributed by atoms with Crippen LogP contribution in [-0.2, 0) is 14.3 Å². The van der Waals surface area contributed by atoms with Crippen LogP contribution in [0.1, 0.15) is 79.1 Å². The molecule has 206 valence electrons. The van der Waals surface area contributed by atoms with Crippen LogP contribution < -0.4 is 0 Å². The lowest BCUT2D eigenvalue weighted by molar-refractivity contribution is -0.193. The van der Waals surface area contributed by atoms with Gasteiger partial charge in [0.1, 0.15) is 11.9 Å². The van der Waals surface area contributed by atoms with E-state index in [1.165, 1.54) is 4.90 Å². The molecule has 2 amide bonds. The molecule has 1 spiro atoms. The molecule has 1 N–H and O–H groups in total. The van der Waals surface area contributed by atoms with Crippen molar-refractivity contribution in [2.75, 3.05) is 26.7 Å². The quantitative estimate of drug-likeness (QED) is 0.549. The summed E-state index contributed by atoms with van der Waals surface area (Å²) in [6.45, 7) is 14.6. The molecule has 2 heterocycles. The molecule has 5 rings (SSSR count). The molecule has 5 fully saturated rings. The number of rotatable bonds is 2. The fraction of sp³-hybridized carbons (Fsp3) is 0.833. The SMILES string of the molecule is C=C[C@]1(C)C[C@@H](OC(=O)N2CCC3(CCN(C)CC3)C2=O)[C@]2(C)C(C)CCC3(CCC(=O)C32)[C@@H](C)[C@@H]1O. The van der Waals surface area contributed by atoms with Gasteiger partial charge in [-0.15, -0.1) is 6.58 Å². The van der Waals surface area contributed by atoms with Gasteiger partial charge in [-0.2, -0.15) is 0 Å². The molecule has 0 aromatic rings. The Kier molecular flexibility index (Phi) is 6.46. The highest BCUT2D eigenvalue weighted by Gasteiger charge is 2.68. The molecular weight excluding hydrogens is 468 g/mol. The molecule has 2 bridgehead atoms. The van der Waals surface area contributed by atoms with Crippen LogP contribution in [0.3, 0.4) is 0 Å². The van der Waals surface area contributed by atoms with Gasteiger partial charge in [0.2, 0.25) is 5.91 Å². The number of hydrogen-bond donors (Lipinski definition) is 1. The number of carbonyl (C=O) groups excluding carboxylic acids is 3. The standard InChI is InChI=1S/C30H46N2O5/c1-7-27(4)18-22(37-26(36)32-17-14-29(25(32)35)12-15-31(6)16-13-29)28(5)19(2)8-10-30(20(3)24(27)34)11-9-21(33)23(28)30/h7,19-20,22-24,34H,1,8-18H2,2-6H3/t19?,20-,22+,23?,24-,27+,28-,30?/m0/s1. The zero-order valence-electron chi connectivity index (χ0n) is 23.4. The number of likely N-dealkylation sites (tertiary alicyclic amines) is 2. The Hall–Kier alpha value is -1.73. The molecule has 2 aliphatic heterocycles. The van der Waals surface area contributed by atoms with Crippen LogP contribution >= 0.6 is 0 Å². The summed E-state index contributed by atoms with van der Waals surface area (Å²) in [5, 5.41) is 11.7. The van der Waals surface area contributed by atoms with Crippen molar-refractivity contribution in [1.82, 2.24) is 9.80 Å². The first kappa shape index (κ1) is 26.9. The Bertz CT molecular complexity index is 988. The van der Waals surface area contributed by atoms with Gasteiger partial charge in [-0.3, -0.25) is 9.59 Å². The molecule has 8 atom stereocenters. The summed E-state index contributed by atoms with van der Waals surface area (Å²) in [4.78, 5) is 44.4. The van der Waals surface area contributed by atoms with Gasteiger partial charge in [0.05, 0.1) is 11.5 Å². The minimum absolute atomic E-state index is 0.0696. The molecule has 2 saturated heterocycles. The Morgan fingerprint density at radius 1 is 1.08 bits per heavy atom. The smallest absolute Gasteiger partial charge is 0.416 e. The number of imide groups is 1. The van der Waals surface area contributed by atoms with Gasteiger partial charge in [-0.1, -0.05) is 33.8 Å². The molecule has 7 heteroatoms. The van der Waals surface area contributed by atoms with Crippen LogP contribution in [0.5, 0.6) is 0 Å². The number of ketones is 1. The highest BCUT2D eigenvalue weighted by Crippen LogP contribution is 2.68. The topological polar surface area (TPSA) is 87.2 Å².